The average Bonchev–Trinajstić information content (AvgIpc) is 2.44. The van der Waals surface area contributed by atoms with Gasteiger partial charge < -0.3 is 5.32 Å². The molecule has 0 amide bonds. The van der Waals surface area contributed by atoms with Crippen LogP contribution in [-0.4, -0.2) is 30.6 Å². The zero-order chi connectivity index (χ0) is 12.8. The molecule has 3 atom stereocenters. The summed E-state index contributed by atoms with van der Waals surface area (Å²) >= 11 is 0. The molecule has 1 N–H and O–H groups in total. The van der Waals surface area contributed by atoms with Gasteiger partial charge in [0.2, 0.25) is 0 Å². The van der Waals surface area contributed by atoms with E-state index >= 15 is 0 Å². The third kappa shape index (κ3) is 2.02. The lowest BCUT2D eigenvalue weighted by Crippen LogP contribution is -2.54. The normalized spacial score (nSPS) is 34.3. The maximum atomic E-state index is 3.77. The van der Waals surface area contributed by atoms with Crippen LogP contribution in [0.15, 0.2) is 18.2 Å². The van der Waals surface area contributed by atoms with Crippen molar-refractivity contribution in [3.8, 4) is 0 Å². The summed E-state index contributed by atoms with van der Waals surface area (Å²) in [5.41, 5.74) is 4.63. The molecule has 1 aromatic carbocycles. The summed E-state index contributed by atoms with van der Waals surface area (Å²) in [7, 11) is 0. The molecule has 0 aliphatic carbocycles. The fourth-order valence-electron chi connectivity index (χ4n) is 4.44. The van der Waals surface area contributed by atoms with Crippen LogP contribution in [0.1, 0.15) is 42.0 Å². The largest absolute Gasteiger partial charge is 0.314 e. The molecule has 3 heterocycles. The number of hydrogen-bond acceptors (Lipinski definition) is 2. The van der Waals surface area contributed by atoms with Gasteiger partial charge >= 0.3 is 0 Å². The van der Waals surface area contributed by atoms with Crippen LogP contribution in [0.4, 0.5) is 0 Å². The molecule has 2 nitrogen and oxygen atoms in total. The Morgan fingerprint density at radius 3 is 3.21 bits per heavy atom. The second-order valence-corrected chi connectivity index (χ2v) is 6.66. The van der Waals surface area contributed by atoms with E-state index in [2.05, 4.69) is 35.3 Å². The highest BCUT2D eigenvalue weighted by atomic mass is 15.2. The van der Waals surface area contributed by atoms with E-state index in [0.29, 0.717) is 6.04 Å². The van der Waals surface area contributed by atoms with Crippen molar-refractivity contribution in [3.05, 3.63) is 34.9 Å². The smallest absolute Gasteiger partial charge is 0.0366 e. The topological polar surface area (TPSA) is 15.3 Å². The maximum Gasteiger partial charge on any atom is 0.0366 e. The first kappa shape index (κ1) is 11.9. The van der Waals surface area contributed by atoms with Crippen LogP contribution in [0.5, 0.6) is 0 Å². The molecule has 19 heavy (non-hydrogen) atoms. The molecule has 2 fully saturated rings. The van der Waals surface area contributed by atoms with Crippen molar-refractivity contribution in [2.45, 2.75) is 44.7 Å². The average molecular weight is 256 g/mol. The minimum atomic E-state index is 0.677. The predicted molar refractivity (Wildman–Crippen MR) is 78.3 cm³/mol. The van der Waals surface area contributed by atoms with Crippen LogP contribution in [-0.2, 0) is 6.42 Å². The zero-order valence-corrected chi connectivity index (χ0v) is 11.9. The molecule has 2 saturated heterocycles. The first-order chi connectivity index (χ1) is 9.31. The molecule has 3 aliphatic heterocycles. The van der Waals surface area contributed by atoms with Crippen molar-refractivity contribution < 1.29 is 0 Å². The quantitative estimate of drug-likeness (QED) is 0.768. The highest BCUT2D eigenvalue weighted by Gasteiger charge is 2.39. The fraction of sp³-hybridized carbons (Fsp3) is 0.647. The fourth-order valence-corrected chi connectivity index (χ4v) is 4.44. The highest BCUT2D eigenvalue weighted by molar-refractivity contribution is 5.36. The Balaban J connectivity index is 1.65. The lowest BCUT2D eigenvalue weighted by atomic mass is 9.77. The summed E-state index contributed by atoms with van der Waals surface area (Å²) in [6.45, 7) is 6.03. The molecule has 0 spiro atoms. The predicted octanol–water partition coefficient (Wildman–Crippen LogP) is 2.67. The number of nitrogens with zero attached hydrogens (tertiary/aromatic N) is 1. The summed E-state index contributed by atoms with van der Waals surface area (Å²) in [6.07, 6.45) is 5.37. The Kier molecular flexibility index (Phi) is 2.89. The van der Waals surface area contributed by atoms with Gasteiger partial charge in [-0.15, -0.1) is 0 Å². The Morgan fingerprint density at radius 1 is 1.32 bits per heavy atom. The van der Waals surface area contributed by atoms with Gasteiger partial charge in [0.1, 0.15) is 0 Å². The molecule has 4 rings (SSSR count). The van der Waals surface area contributed by atoms with Crippen molar-refractivity contribution in [1.82, 2.24) is 10.2 Å². The molecule has 0 radical (unpaired) electrons. The summed E-state index contributed by atoms with van der Waals surface area (Å²) in [5.74, 6) is 0.900. The van der Waals surface area contributed by atoms with E-state index in [-0.39, 0.29) is 0 Å². The SMILES string of the molecule is Cc1ccc2c(c1)CCN1CC3CCCNC3CC21. The zero-order valence-electron chi connectivity index (χ0n) is 11.9. The van der Waals surface area contributed by atoms with Gasteiger partial charge in [0, 0.05) is 25.2 Å². The first-order valence-electron chi connectivity index (χ1n) is 7.88. The van der Waals surface area contributed by atoms with Crippen molar-refractivity contribution in [2.75, 3.05) is 19.6 Å². The second-order valence-electron chi connectivity index (χ2n) is 6.66. The molecule has 0 saturated carbocycles. The van der Waals surface area contributed by atoms with E-state index in [1.165, 1.54) is 50.9 Å². The van der Waals surface area contributed by atoms with Gasteiger partial charge in [0.15, 0.2) is 0 Å². The minimum Gasteiger partial charge on any atom is -0.314 e. The van der Waals surface area contributed by atoms with Gasteiger partial charge in [-0.1, -0.05) is 23.8 Å². The van der Waals surface area contributed by atoms with Gasteiger partial charge in [-0.05, 0) is 56.2 Å². The van der Waals surface area contributed by atoms with Crippen molar-refractivity contribution in [2.24, 2.45) is 5.92 Å². The molecule has 1 aromatic rings. The Morgan fingerprint density at radius 2 is 2.26 bits per heavy atom. The molecule has 3 unspecified atom stereocenters. The van der Waals surface area contributed by atoms with Gasteiger partial charge in [-0.25, -0.2) is 0 Å². The van der Waals surface area contributed by atoms with Crippen LogP contribution < -0.4 is 5.32 Å². The van der Waals surface area contributed by atoms with E-state index in [0.717, 1.165) is 12.0 Å². The summed E-state index contributed by atoms with van der Waals surface area (Å²) in [6, 6.07) is 8.54. The molecule has 2 heteroatoms. The molecule has 0 aromatic heterocycles. The Labute approximate surface area is 116 Å². The van der Waals surface area contributed by atoms with Crippen LogP contribution in [0.3, 0.4) is 0 Å². The number of rotatable bonds is 0. The molecular weight excluding hydrogens is 232 g/mol. The lowest BCUT2D eigenvalue weighted by Gasteiger charge is -2.49. The van der Waals surface area contributed by atoms with E-state index in [9.17, 15) is 0 Å². The monoisotopic (exact) mass is 256 g/mol. The van der Waals surface area contributed by atoms with Gasteiger partial charge in [0.05, 0.1) is 0 Å². The molecular formula is C17H24N2. The second kappa shape index (κ2) is 4.60. The van der Waals surface area contributed by atoms with E-state index in [1.807, 2.05) is 0 Å². The minimum absolute atomic E-state index is 0.677. The Hall–Kier alpha value is -0.860. The molecule has 3 aliphatic rings. The van der Waals surface area contributed by atoms with Crippen molar-refractivity contribution in [3.63, 3.8) is 0 Å². The summed E-state index contributed by atoms with van der Waals surface area (Å²) in [4.78, 5) is 2.76. The van der Waals surface area contributed by atoms with Crippen LogP contribution >= 0.6 is 0 Å². The molecule has 102 valence electrons. The van der Waals surface area contributed by atoms with Gasteiger partial charge in [0.25, 0.3) is 0 Å². The third-order valence-electron chi connectivity index (χ3n) is 5.44. The third-order valence-corrected chi connectivity index (χ3v) is 5.44. The lowest BCUT2D eigenvalue weighted by molar-refractivity contribution is 0.0552. The van der Waals surface area contributed by atoms with E-state index in [1.54, 1.807) is 11.1 Å². The van der Waals surface area contributed by atoms with Crippen LogP contribution in [0.2, 0.25) is 0 Å². The van der Waals surface area contributed by atoms with Crippen LogP contribution in [0, 0.1) is 12.8 Å². The Bertz CT molecular complexity index is 482. The summed E-state index contributed by atoms with van der Waals surface area (Å²) in [5, 5.41) is 3.77. The number of benzene rings is 1. The van der Waals surface area contributed by atoms with Crippen molar-refractivity contribution in [1.29, 1.82) is 0 Å². The first-order valence-corrected chi connectivity index (χ1v) is 7.88. The standard InChI is InChI=1S/C17H24N2/c1-12-4-5-15-13(9-12)6-8-19-11-14-3-2-7-18-16(14)10-17(15)19/h4-5,9,14,16-18H,2-3,6-8,10-11H2,1H3. The highest BCUT2D eigenvalue weighted by Crippen LogP contribution is 2.40. The van der Waals surface area contributed by atoms with E-state index < -0.39 is 0 Å². The number of fused-ring (bicyclic) bond motifs is 4. The van der Waals surface area contributed by atoms with Gasteiger partial charge in [-0.2, -0.15) is 0 Å². The number of aryl methyl sites for hydroxylation is 1. The number of piperidine rings is 2. The summed E-state index contributed by atoms with van der Waals surface area (Å²) < 4.78 is 0. The van der Waals surface area contributed by atoms with E-state index in [4.69, 9.17) is 0 Å². The van der Waals surface area contributed by atoms with Crippen molar-refractivity contribution >= 4 is 0 Å². The number of nitrogens with one attached hydrogen (secondary N) is 1. The maximum absolute atomic E-state index is 3.77. The van der Waals surface area contributed by atoms with Crippen LogP contribution in [0.25, 0.3) is 0 Å². The molecule has 0 bridgehead atoms. The van der Waals surface area contributed by atoms with Gasteiger partial charge in [-0.3, -0.25) is 4.90 Å². The number of hydrogen-bond donors (Lipinski definition) is 1.